The van der Waals surface area contributed by atoms with Gasteiger partial charge in [0.15, 0.2) is 0 Å². The van der Waals surface area contributed by atoms with Crippen molar-refractivity contribution in [1.82, 2.24) is 10.6 Å². The third kappa shape index (κ3) is 4.48. The van der Waals surface area contributed by atoms with Crippen LogP contribution in [0.3, 0.4) is 0 Å². The first-order valence-electron chi connectivity index (χ1n) is 8.40. The van der Waals surface area contributed by atoms with E-state index in [1.54, 1.807) is 31.2 Å². The molecule has 4 N–H and O–H groups in total. The van der Waals surface area contributed by atoms with Gasteiger partial charge in [0.25, 0.3) is 0 Å². The third-order valence-corrected chi connectivity index (χ3v) is 5.22. The van der Waals surface area contributed by atoms with Gasteiger partial charge in [-0.15, -0.1) is 0 Å². The van der Waals surface area contributed by atoms with Crippen LogP contribution in [0, 0.1) is 11.8 Å². The normalized spacial score (nSPS) is 19.3. The molecule has 2 rings (SSSR count). The molecule has 2 unspecified atom stereocenters. The maximum atomic E-state index is 12.5. The number of primary amides is 1. The van der Waals surface area contributed by atoms with Crippen molar-refractivity contribution in [2.24, 2.45) is 17.6 Å². The molecule has 5 nitrogen and oxygen atoms in total. The van der Waals surface area contributed by atoms with Gasteiger partial charge in [-0.3, -0.25) is 9.59 Å². The van der Waals surface area contributed by atoms with E-state index in [-0.39, 0.29) is 11.8 Å². The van der Waals surface area contributed by atoms with Crippen molar-refractivity contribution in [3.05, 3.63) is 34.9 Å². The molecule has 0 aliphatic carbocycles. The second kappa shape index (κ2) is 7.99. The number of nitrogens with one attached hydrogen (secondary N) is 2. The Labute approximate surface area is 148 Å². The minimum atomic E-state index is -1.27. The molecule has 1 aromatic rings. The molecule has 132 valence electrons. The molecule has 1 aliphatic rings. The first-order chi connectivity index (χ1) is 11.3. The molecule has 1 saturated heterocycles. The Bertz CT molecular complexity index is 602. The topological polar surface area (TPSA) is 84.2 Å². The summed E-state index contributed by atoms with van der Waals surface area (Å²) in [5, 5.41) is 6.64. The standard InChI is InChI=1S/C18H26ClN3O2/c1-12(13-6-8-21-9-7-13)10-16(23)22-18(2,17(20)24)14-4-3-5-15(19)11-14/h3-5,11-13,21H,6-10H2,1-2H3,(H2,20,24)(H,22,23). The Morgan fingerprint density at radius 2 is 2.08 bits per heavy atom. The molecule has 2 amide bonds. The number of hydrogen-bond acceptors (Lipinski definition) is 3. The molecule has 0 aromatic heterocycles. The maximum absolute atomic E-state index is 12.5. The highest BCUT2D eigenvalue weighted by Crippen LogP contribution is 2.27. The lowest BCUT2D eigenvalue weighted by Crippen LogP contribution is -2.53. The Balaban J connectivity index is 2.07. The summed E-state index contributed by atoms with van der Waals surface area (Å²) in [7, 11) is 0. The van der Waals surface area contributed by atoms with Crippen molar-refractivity contribution < 1.29 is 9.59 Å². The summed E-state index contributed by atoms with van der Waals surface area (Å²) in [5.41, 5.74) is 4.89. The summed E-state index contributed by atoms with van der Waals surface area (Å²) in [6.45, 7) is 5.71. The molecule has 0 radical (unpaired) electrons. The molecule has 1 heterocycles. The van der Waals surface area contributed by atoms with Crippen molar-refractivity contribution in [3.63, 3.8) is 0 Å². The highest BCUT2D eigenvalue weighted by Gasteiger charge is 2.35. The van der Waals surface area contributed by atoms with E-state index >= 15 is 0 Å². The molecule has 2 atom stereocenters. The average Bonchev–Trinajstić information content (AvgIpc) is 2.55. The highest BCUT2D eigenvalue weighted by molar-refractivity contribution is 6.30. The minimum Gasteiger partial charge on any atom is -0.367 e. The minimum absolute atomic E-state index is 0.165. The number of rotatable bonds is 6. The largest absolute Gasteiger partial charge is 0.367 e. The van der Waals surface area contributed by atoms with Crippen LogP contribution in [0.25, 0.3) is 0 Å². The van der Waals surface area contributed by atoms with Crippen LogP contribution in [0.2, 0.25) is 5.02 Å². The van der Waals surface area contributed by atoms with Crippen LogP contribution in [0.15, 0.2) is 24.3 Å². The zero-order valence-electron chi connectivity index (χ0n) is 14.3. The monoisotopic (exact) mass is 351 g/mol. The van der Waals surface area contributed by atoms with Gasteiger partial charge in [-0.1, -0.05) is 30.7 Å². The summed E-state index contributed by atoms with van der Waals surface area (Å²) >= 11 is 6.01. The van der Waals surface area contributed by atoms with Gasteiger partial charge in [0.05, 0.1) is 0 Å². The van der Waals surface area contributed by atoms with Crippen molar-refractivity contribution >= 4 is 23.4 Å². The molecule has 1 aromatic carbocycles. The second-order valence-corrected chi connectivity index (χ2v) is 7.25. The predicted molar refractivity (Wildman–Crippen MR) is 95.5 cm³/mol. The number of halogens is 1. The predicted octanol–water partition coefficient (Wildman–Crippen LogP) is 2.18. The van der Waals surface area contributed by atoms with E-state index in [1.165, 1.54) is 0 Å². The van der Waals surface area contributed by atoms with Crippen LogP contribution >= 0.6 is 11.6 Å². The smallest absolute Gasteiger partial charge is 0.247 e. The number of carbonyl (C=O) groups is 2. The molecular weight excluding hydrogens is 326 g/mol. The fraction of sp³-hybridized carbons (Fsp3) is 0.556. The van der Waals surface area contributed by atoms with E-state index in [0.29, 0.717) is 22.9 Å². The lowest BCUT2D eigenvalue weighted by Gasteiger charge is -2.31. The number of hydrogen-bond donors (Lipinski definition) is 3. The zero-order valence-corrected chi connectivity index (χ0v) is 15.0. The molecule has 0 spiro atoms. The molecule has 6 heteroatoms. The number of benzene rings is 1. The van der Waals surface area contributed by atoms with Gasteiger partial charge in [0.2, 0.25) is 11.8 Å². The lowest BCUT2D eigenvalue weighted by molar-refractivity contribution is -0.132. The summed E-state index contributed by atoms with van der Waals surface area (Å²) in [4.78, 5) is 24.5. The van der Waals surface area contributed by atoms with Gasteiger partial charge in [0.1, 0.15) is 5.54 Å². The molecule has 24 heavy (non-hydrogen) atoms. The number of carbonyl (C=O) groups excluding carboxylic acids is 2. The molecule has 1 aliphatic heterocycles. The molecule has 0 bridgehead atoms. The van der Waals surface area contributed by atoms with Crippen molar-refractivity contribution in [2.75, 3.05) is 13.1 Å². The Morgan fingerprint density at radius 3 is 2.67 bits per heavy atom. The summed E-state index contributed by atoms with van der Waals surface area (Å²) in [6, 6.07) is 6.85. The fourth-order valence-electron chi connectivity index (χ4n) is 3.28. The first-order valence-corrected chi connectivity index (χ1v) is 8.78. The van der Waals surface area contributed by atoms with Crippen LogP contribution in [0.4, 0.5) is 0 Å². The van der Waals surface area contributed by atoms with E-state index < -0.39 is 11.4 Å². The van der Waals surface area contributed by atoms with E-state index in [4.69, 9.17) is 17.3 Å². The molecule has 1 fully saturated rings. The second-order valence-electron chi connectivity index (χ2n) is 6.82. The fourth-order valence-corrected chi connectivity index (χ4v) is 3.47. The SMILES string of the molecule is CC(CC(=O)NC(C)(C(N)=O)c1cccc(Cl)c1)C1CCNCC1. The van der Waals surface area contributed by atoms with Crippen LogP contribution in [0.1, 0.15) is 38.7 Å². The van der Waals surface area contributed by atoms with E-state index in [0.717, 1.165) is 25.9 Å². The Morgan fingerprint density at radius 1 is 1.42 bits per heavy atom. The average molecular weight is 352 g/mol. The molecule has 0 saturated carbocycles. The van der Waals surface area contributed by atoms with Gasteiger partial charge in [-0.2, -0.15) is 0 Å². The number of nitrogens with two attached hydrogens (primary N) is 1. The van der Waals surface area contributed by atoms with Gasteiger partial charge in [-0.05, 0) is 62.4 Å². The summed E-state index contributed by atoms with van der Waals surface area (Å²) < 4.78 is 0. The summed E-state index contributed by atoms with van der Waals surface area (Å²) in [6.07, 6.45) is 2.54. The quantitative estimate of drug-likeness (QED) is 0.734. The first kappa shape index (κ1) is 18.7. The van der Waals surface area contributed by atoms with E-state index in [2.05, 4.69) is 17.6 Å². The van der Waals surface area contributed by atoms with Gasteiger partial charge < -0.3 is 16.4 Å². The molecular formula is C18H26ClN3O2. The van der Waals surface area contributed by atoms with Crippen molar-refractivity contribution in [1.29, 1.82) is 0 Å². The van der Waals surface area contributed by atoms with Crippen LogP contribution < -0.4 is 16.4 Å². The highest BCUT2D eigenvalue weighted by atomic mass is 35.5. The Kier molecular flexibility index (Phi) is 6.24. The van der Waals surface area contributed by atoms with Crippen LogP contribution in [0.5, 0.6) is 0 Å². The number of amides is 2. The van der Waals surface area contributed by atoms with Crippen LogP contribution in [-0.2, 0) is 15.1 Å². The maximum Gasteiger partial charge on any atom is 0.247 e. The van der Waals surface area contributed by atoms with Gasteiger partial charge in [0, 0.05) is 11.4 Å². The van der Waals surface area contributed by atoms with Gasteiger partial charge >= 0.3 is 0 Å². The van der Waals surface area contributed by atoms with E-state index in [9.17, 15) is 9.59 Å². The third-order valence-electron chi connectivity index (χ3n) is 4.98. The van der Waals surface area contributed by atoms with Crippen molar-refractivity contribution in [3.8, 4) is 0 Å². The summed E-state index contributed by atoms with van der Waals surface area (Å²) in [5.74, 6) is 0.0292. The van der Waals surface area contributed by atoms with Crippen LogP contribution in [-0.4, -0.2) is 24.9 Å². The van der Waals surface area contributed by atoms with E-state index in [1.807, 2.05) is 0 Å². The zero-order chi connectivity index (χ0) is 17.7. The lowest BCUT2D eigenvalue weighted by atomic mass is 9.83. The Hall–Kier alpha value is -1.59. The van der Waals surface area contributed by atoms with Gasteiger partial charge in [-0.25, -0.2) is 0 Å². The van der Waals surface area contributed by atoms with Crippen molar-refractivity contribution in [2.45, 2.75) is 38.6 Å². The number of piperidine rings is 1.